The van der Waals surface area contributed by atoms with E-state index in [0.717, 1.165) is 33.3 Å². The lowest BCUT2D eigenvalue weighted by molar-refractivity contribution is 0.359. The third kappa shape index (κ3) is 1.15. The Morgan fingerprint density at radius 2 is 1.88 bits per heavy atom. The van der Waals surface area contributed by atoms with Crippen molar-refractivity contribution in [3.63, 3.8) is 0 Å². The van der Waals surface area contributed by atoms with Gasteiger partial charge in [0.25, 0.3) is 0 Å². The molecule has 0 amide bonds. The van der Waals surface area contributed by atoms with E-state index in [4.69, 9.17) is 9.15 Å². The van der Waals surface area contributed by atoms with Crippen molar-refractivity contribution in [2.24, 2.45) is 0 Å². The van der Waals surface area contributed by atoms with E-state index in [1.807, 2.05) is 36.4 Å². The summed E-state index contributed by atoms with van der Waals surface area (Å²) in [5.41, 5.74) is 2.97. The van der Waals surface area contributed by atoms with Crippen LogP contribution in [0.4, 0.5) is 0 Å². The summed E-state index contributed by atoms with van der Waals surface area (Å²) >= 11 is 0. The molecule has 17 heavy (non-hydrogen) atoms. The van der Waals surface area contributed by atoms with Crippen molar-refractivity contribution in [3.8, 4) is 5.75 Å². The average molecular weight is 222 g/mol. The molecule has 2 heteroatoms. The molecule has 3 aromatic rings. The highest BCUT2D eigenvalue weighted by atomic mass is 16.5. The predicted molar refractivity (Wildman–Crippen MR) is 68.2 cm³/mol. The van der Waals surface area contributed by atoms with Crippen LogP contribution in [0.25, 0.3) is 28.0 Å². The Hall–Kier alpha value is -2.22. The molecule has 1 aliphatic heterocycles. The fourth-order valence-electron chi connectivity index (χ4n) is 2.42. The Bertz CT molecular complexity index is 750. The van der Waals surface area contributed by atoms with Crippen LogP contribution in [0, 0.1) is 0 Å². The van der Waals surface area contributed by atoms with Crippen LogP contribution in [0.2, 0.25) is 0 Å². The molecule has 0 fully saturated rings. The Morgan fingerprint density at radius 1 is 0.941 bits per heavy atom. The first-order valence-corrected chi connectivity index (χ1v) is 5.67. The van der Waals surface area contributed by atoms with E-state index in [2.05, 4.69) is 12.1 Å². The largest absolute Gasteiger partial charge is 0.489 e. The SMILES string of the molecule is C1=Cc2c(ccc3oc4ccccc4c23)OC1. The monoisotopic (exact) mass is 222 g/mol. The van der Waals surface area contributed by atoms with Gasteiger partial charge in [-0.3, -0.25) is 0 Å². The molecule has 0 bridgehead atoms. The molecule has 2 aromatic carbocycles. The first-order chi connectivity index (χ1) is 8.43. The molecular formula is C15H10O2. The topological polar surface area (TPSA) is 22.4 Å². The van der Waals surface area contributed by atoms with E-state index >= 15 is 0 Å². The van der Waals surface area contributed by atoms with Gasteiger partial charge in [0.2, 0.25) is 0 Å². The second-order valence-corrected chi connectivity index (χ2v) is 4.16. The Balaban J connectivity index is 2.25. The molecule has 82 valence electrons. The molecule has 0 unspecified atom stereocenters. The molecule has 0 radical (unpaired) electrons. The van der Waals surface area contributed by atoms with Crippen LogP contribution in [0.1, 0.15) is 5.56 Å². The average Bonchev–Trinajstić information content (AvgIpc) is 2.77. The van der Waals surface area contributed by atoms with Gasteiger partial charge in [-0.2, -0.15) is 0 Å². The number of ether oxygens (including phenoxy) is 1. The van der Waals surface area contributed by atoms with Crippen LogP contribution in [-0.4, -0.2) is 6.61 Å². The Kier molecular flexibility index (Phi) is 1.64. The highest BCUT2D eigenvalue weighted by Crippen LogP contribution is 2.37. The molecule has 0 spiro atoms. The van der Waals surface area contributed by atoms with Crippen molar-refractivity contribution in [1.82, 2.24) is 0 Å². The molecule has 4 rings (SSSR count). The van der Waals surface area contributed by atoms with Crippen LogP contribution < -0.4 is 4.74 Å². The predicted octanol–water partition coefficient (Wildman–Crippen LogP) is 3.99. The second kappa shape index (κ2) is 3.14. The molecule has 0 saturated carbocycles. The highest BCUT2D eigenvalue weighted by Gasteiger charge is 2.15. The summed E-state index contributed by atoms with van der Waals surface area (Å²) in [6.45, 7) is 0.647. The highest BCUT2D eigenvalue weighted by molar-refractivity contribution is 6.10. The Labute approximate surface area is 98.1 Å². The number of rotatable bonds is 0. The minimum Gasteiger partial charge on any atom is -0.489 e. The summed E-state index contributed by atoms with van der Waals surface area (Å²) < 4.78 is 11.5. The number of benzene rings is 2. The lowest BCUT2D eigenvalue weighted by atomic mass is 10.0. The maximum atomic E-state index is 5.83. The van der Waals surface area contributed by atoms with E-state index in [9.17, 15) is 0 Å². The zero-order valence-electron chi connectivity index (χ0n) is 9.14. The molecule has 1 aliphatic rings. The Morgan fingerprint density at radius 3 is 2.88 bits per heavy atom. The van der Waals surface area contributed by atoms with Crippen molar-refractivity contribution in [1.29, 1.82) is 0 Å². The minimum atomic E-state index is 0.647. The molecule has 1 aromatic heterocycles. The fraction of sp³-hybridized carbons (Fsp3) is 0.0667. The van der Waals surface area contributed by atoms with E-state index in [-0.39, 0.29) is 0 Å². The second-order valence-electron chi connectivity index (χ2n) is 4.16. The van der Waals surface area contributed by atoms with Crippen molar-refractivity contribution in [2.75, 3.05) is 6.61 Å². The molecule has 0 N–H and O–H groups in total. The summed E-state index contributed by atoms with van der Waals surface area (Å²) in [5.74, 6) is 0.937. The quantitative estimate of drug-likeness (QED) is 0.573. The fourth-order valence-corrected chi connectivity index (χ4v) is 2.42. The van der Waals surface area contributed by atoms with Gasteiger partial charge in [-0.05, 0) is 24.3 Å². The van der Waals surface area contributed by atoms with Gasteiger partial charge >= 0.3 is 0 Å². The molecule has 0 atom stereocenters. The first kappa shape index (κ1) is 8.88. The summed E-state index contributed by atoms with van der Waals surface area (Å²) in [4.78, 5) is 0. The zero-order chi connectivity index (χ0) is 11.2. The summed E-state index contributed by atoms with van der Waals surface area (Å²) in [6.07, 6.45) is 4.15. The first-order valence-electron chi connectivity index (χ1n) is 5.67. The summed E-state index contributed by atoms with van der Waals surface area (Å²) in [7, 11) is 0. The van der Waals surface area contributed by atoms with Gasteiger partial charge in [0.15, 0.2) is 0 Å². The third-order valence-electron chi connectivity index (χ3n) is 3.16. The van der Waals surface area contributed by atoms with E-state index in [0.29, 0.717) is 6.61 Å². The number of hydrogen-bond donors (Lipinski definition) is 0. The smallest absolute Gasteiger partial charge is 0.136 e. The van der Waals surface area contributed by atoms with Gasteiger partial charge in [0, 0.05) is 16.3 Å². The normalized spacial score (nSPS) is 13.9. The molecule has 2 heterocycles. The number of furan rings is 1. The standard InChI is InChI=1S/C15H10O2/c1-2-6-13-11(4-1)15-10-5-3-9-16-12(10)7-8-14(15)17-13/h1-8H,9H2. The van der Waals surface area contributed by atoms with E-state index in [1.165, 1.54) is 0 Å². The van der Waals surface area contributed by atoms with Crippen LogP contribution >= 0.6 is 0 Å². The molecule has 0 saturated heterocycles. The molecular weight excluding hydrogens is 212 g/mol. The van der Waals surface area contributed by atoms with Crippen molar-refractivity contribution in [3.05, 3.63) is 48.0 Å². The summed E-state index contributed by atoms with van der Waals surface area (Å²) in [5, 5.41) is 2.29. The van der Waals surface area contributed by atoms with Crippen LogP contribution in [-0.2, 0) is 0 Å². The number of fused-ring (bicyclic) bond motifs is 5. The molecule has 2 nitrogen and oxygen atoms in total. The number of para-hydroxylation sites is 1. The van der Waals surface area contributed by atoms with Gasteiger partial charge in [0.05, 0.1) is 0 Å². The third-order valence-corrected chi connectivity index (χ3v) is 3.16. The van der Waals surface area contributed by atoms with Gasteiger partial charge in [-0.25, -0.2) is 0 Å². The van der Waals surface area contributed by atoms with Crippen molar-refractivity contribution >= 4 is 28.0 Å². The van der Waals surface area contributed by atoms with Crippen LogP contribution in [0.5, 0.6) is 5.75 Å². The van der Waals surface area contributed by atoms with Gasteiger partial charge < -0.3 is 9.15 Å². The molecule has 0 aliphatic carbocycles. The lowest BCUT2D eigenvalue weighted by Crippen LogP contribution is -1.99. The van der Waals surface area contributed by atoms with E-state index in [1.54, 1.807) is 0 Å². The van der Waals surface area contributed by atoms with Gasteiger partial charge in [0.1, 0.15) is 23.5 Å². The van der Waals surface area contributed by atoms with Crippen molar-refractivity contribution in [2.45, 2.75) is 0 Å². The maximum absolute atomic E-state index is 5.83. The van der Waals surface area contributed by atoms with Crippen molar-refractivity contribution < 1.29 is 9.15 Å². The van der Waals surface area contributed by atoms with Gasteiger partial charge in [-0.1, -0.05) is 24.3 Å². The minimum absolute atomic E-state index is 0.647. The maximum Gasteiger partial charge on any atom is 0.136 e. The van der Waals surface area contributed by atoms with Crippen LogP contribution in [0.15, 0.2) is 46.9 Å². The zero-order valence-corrected chi connectivity index (χ0v) is 9.14. The summed E-state index contributed by atoms with van der Waals surface area (Å²) in [6, 6.07) is 12.1. The van der Waals surface area contributed by atoms with Gasteiger partial charge in [-0.15, -0.1) is 0 Å². The van der Waals surface area contributed by atoms with Crippen LogP contribution in [0.3, 0.4) is 0 Å². The number of hydrogen-bond acceptors (Lipinski definition) is 2. The lowest BCUT2D eigenvalue weighted by Gasteiger charge is -2.12. The van der Waals surface area contributed by atoms with E-state index < -0.39 is 0 Å².